The molecule has 0 aromatic heterocycles. The molecule has 8 heteroatoms. The summed E-state index contributed by atoms with van der Waals surface area (Å²) in [5.74, 6) is 0.498. The van der Waals surface area contributed by atoms with Gasteiger partial charge in [0.15, 0.2) is 0 Å². The predicted molar refractivity (Wildman–Crippen MR) is 100 cm³/mol. The summed E-state index contributed by atoms with van der Waals surface area (Å²) in [7, 11) is -2.06. The first kappa shape index (κ1) is 20.7. The monoisotopic (exact) mass is 383 g/mol. The van der Waals surface area contributed by atoms with E-state index in [0.717, 1.165) is 6.42 Å². The summed E-state index contributed by atoms with van der Waals surface area (Å²) in [6.07, 6.45) is 2.02. The number of carbonyl (C=O) groups is 1. The zero-order valence-corrected chi connectivity index (χ0v) is 16.6. The first-order valence-corrected chi connectivity index (χ1v) is 10.4. The van der Waals surface area contributed by atoms with Crippen LogP contribution < -0.4 is 10.5 Å². The molecule has 1 heterocycles. The van der Waals surface area contributed by atoms with Crippen molar-refractivity contribution >= 4 is 15.9 Å². The molecule has 7 nitrogen and oxygen atoms in total. The van der Waals surface area contributed by atoms with Crippen LogP contribution in [-0.4, -0.2) is 62.4 Å². The number of benzene rings is 1. The van der Waals surface area contributed by atoms with E-state index in [1.54, 1.807) is 36.1 Å². The second-order valence-electron chi connectivity index (χ2n) is 6.89. The van der Waals surface area contributed by atoms with Crippen LogP contribution in [0.3, 0.4) is 0 Å². The number of amides is 1. The summed E-state index contributed by atoms with van der Waals surface area (Å²) in [6, 6.07) is 6.34. The van der Waals surface area contributed by atoms with Crippen LogP contribution in [0.4, 0.5) is 0 Å². The molecule has 1 aliphatic rings. The van der Waals surface area contributed by atoms with Gasteiger partial charge in [-0.3, -0.25) is 4.79 Å². The summed E-state index contributed by atoms with van der Waals surface area (Å²) < 4.78 is 32.3. The van der Waals surface area contributed by atoms with E-state index in [1.807, 2.05) is 6.92 Å². The van der Waals surface area contributed by atoms with Crippen LogP contribution in [0.15, 0.2) is 29.2 Å². The van der Waals surface area contributed by atoms with Crippen LogP contribution in [0.2, 0.25) is 0 Å². The molecule has 1 unspecified atom stereocenters. The van der Waals surface area contributed by atoms with Gasteiger partial charge in [-0.05, 0) is 44.0 Å². The van der Waals surface area contributed by atoms with E-state index >= 15 is 0 Å². The van der Waals surface area contributed by atoms with Crippen molar-refractivity contribution in [1.29, 1.82) is 0 Å². The molecule has 26 heavy (non-hydrogen) atoms. The maximum atomic E-state index is 12.9. The lowest BCUT2D eigenvalue weighted by atomic mass is 9.95. The van der Waals surface area contributed by atoms with Gasteiger partial charge in [0.1, 0.15) is 5.75 Å². The molecule has 1 aromatic rings. The summed E-state index contributed by atoms with van der Waals surface area (Å²) in [5, 5.41) is 0. The van der Waals surface area contributed by atoms with E-state index < -0.39 is 15.6 Å². The average molecular weight is 384 g/mol. The number of ether oxygens (including phenoxy) is 1. The van der Waals surface area contributed by atoms with E-state index in [2.05, 4.69) is 0 Å². The lowest BCUT2D eigenvalue weighted by Gasteiger charge is -2.31. The van der Waals surface area contributed by atoms with Gasteiger partial charge in [-0.1, -0.05) is 13.3 Å². The van der Waals surface area contributed by atoms with Crippen molar-refractivity contribution in [1.82, 2.24) is 9.21 Å². The second kappa shape index (κ2) is 8.37. The predicted octanol–water partition coefficient (Wildman–Crippen LogP) is 1.44. The molecule has 146 valence electrons. The fourth-order valence-corrected chi connectivity index (χ4v) is 4.69. The second-order valence-corrected chi connectivity index (χ2v) is 8.83. The molecule has 0 aliphatic carbocycles. The van der Waals surface area contributed by atoms with Gasteiger partial charge in [0.05, 0.1) is 17.5 Å². The average Bonchev–Trinajstić information content (AvgIpc) is 2.87. The fourth-order valence-electron chi connectivity index (χ4n) is 3.22. The molecule has 1 saturated heterocycles. The molecule has 1 amide bonds. The minimum Gasteiger partial charge on any atom is -0.497 e. The third-order valence-electron chi connectivity index (χ3n) is 4.70. The highest BCUT2D eigenvalue weighted by Crippen LogP contribution is 2.21. The fraction of sp³-hybridized carbons (Fsp3) is 0.611. The standard InChI is InChI=1S/C18H29N3O4S/c1-4-10-18(2,19)17(22)20-11-5-12-21(14-13-20)26(23,24)16-8-6-15(25-3)7-9-16/h6-9H,4-5,10-14,19H2,1-3H3. The van der Waals surface area contributed by atoms with E-state index in [0.29, 0.717) is 38.2 Å². The number of nitrogens with two attached hydrogens (primary N) is 1. The van der Waals surface area contributed by atoms with Gasteiger partial charge in [-0.2, -0.15) is 4.31 Å². The van der Waals surface area contributed by atoms with Gasteiger partial charge in [0.25, 0.3) is 0 Å². The van der Waals surface area contributed by atoms with Crippen LogP contribution in [-0.2, 0) is 14.8 Å². The van der Waals surface area contributed by atoms with Crippen LogP contribution >= 0.6 is 0 Å². The maximum Gasteiger partial charge on any atom is 0.243 e. The number of carbonyl (C=O) groups excluding carboxylic acids is 1. The number of nitrogens with zero attached hydrogens (tertiary/aromatic N) is 2. The summed E-state index contributed by atoms with van der Waals surface area (Å²) in [6.45, 7) is 5.25. The van der Waals surface area contributed by atoms with E-state index in [4.69, 9.17) is 10.5 Å². The molecule has 2 rings (SSSR count). The first-order chi connectivity index (χ1) is 12.2. The van der Waals surface area contributed by atoms with Crippen molar-refractivity contribution in [2.24, 2.45) is 5.73 Å². The summed E-state index contributed by atoms with van der Waals surface area (Å²) >= 11 is 0. The third kappa shape index (κ3) is 4.55. The quantitative estimate of drug-likeness (QED) is 0.802. The Bertz CT molecular complexity index is 716. The van der Waals surface area contributed by atoms with Crippen LogP contribution in [0.5, 0.6) is 5.75 Å². The van der Waals surface area contributed by atoms with Gasteiger partial charge < -0.3 is 15.4 Å². The zero-order chi connectivity index (χ0) is 19.4. The largest absolute Gasteiger partial charge is 0.497 e. The number of methoxy groups -OCH3 is 1. The van der Waals surface area contributed by atoms with E-state index in [9.17, 15) is 13.2 Å². The van der Waals surface area contributed by atoms with Gasteiger partial charge in [0, 0.05) is 26.2 Å². The highest BCUT2D eigenvalue weighted by atomic mass is 32.2. The van der Waals surface area contributed by atoms with Crippen molar-refractivity contribution in [3.05, 3.63) is 24.3 Å². The van der Waals surface area contributed by atoms with E-state index in [-0.39, 0.29) is 17.3 Å². The summed E-state index contributed by atoms with van der Waals surface area (Å²) in [4.78, 5) is 14.6. The Labute approximate surface area is 156 Å². The van der Waals surface area contributed by atoms with Gasteiger partial charge in [0.2, 0.25) is 15.9 Å². The molecule has 1 fully saturated rings. The Kier molecular flexibility index (Phi) is 6.65. The minimum atomic E-state index is -3.60. The maximum absolute atomic E-state index is 12.9. The van der Waals surface area contributed by atoms with Crippen molar-refractivity contribution in [3.63, 3.8) is 0 Å². The van der Waals surface area contributed by atoms with E-state index in [1.165, 1.54) is 11.4 Å². The SMILES string of the molecule is CCCC(C)(N)C(=O)N1CCCN(S(=O)(=O)c2ccc(OC)cc2)CC1. The van der Waals surface area contributed by atoms with Gasteiger partial charge >= 0.3 is 0 Å². The van der Waals surface area contributed by atoms with Gasteiger partial charge in [-0.15, -0.1) is 0 Å². The molecule has 2 N–H and O–H groups in total. The topological polar surface area (TPSA) is 92.9 Å². The Morgan fingerprint density at radius 1 is 1.19 bits per heavy atom. The molecule has 1 aromatic carbocycles. The normalized spacial score (nSPS) is 18.8. The highest BCUT2D eigenvalue weighted by Gasteiger charge is 2.34. The van der Waals surface area contributed by atoms with Crippen molar-refractivity contribution in [2.45, 2.75) is 43.5 Å². The Balaban J connectivity index is 2.10. The molecule has 0 saturated carbocycles. The number of rotatable bonds is 6. The molecular formula is C18H29N3O4S. The minimum absolute atomic E-state index is 0.108. The molecule has 0 radical (unpaired) electrons. The Morgan fingerprint density at radius 2 is 1.85 bits per heavy atom. The molecule has 0 bridgehead atoms. The number of hydrogen-bond acceptors (Lipinski definition) is 5. The highest BCUT2D eigenvalue weighted by molar-refractivity contribution is 7.89. The lowest BCUT2D eigenvalue weighted by Crippen LogP contribution is -2.54. The van der Waals surface area contributed by atoms with Crippen LogP contribution in [0.1, 0.15) is 33.1 Å². The van der Waals surface area contributed by atoms with Crippen molar-refractivity contribution in [2.75, 3.05) is 33.3 Å². The van der Waals surface area contributed by atoms with Crippen LogP contribution in [0.25, 0.3) is 0 Å². The molecular weight excluding hydrogens is 354 g/mol. The lowest BCUT2D eigenvalue weighted by molar-refractivity contribution is -0.136. The third-order valence-corrected chi connectivity index (χ3v) is 6.61. The van der Waals surface area contributed by atoms with Crippen molar-refractivity contribution in [3.8, 4) is 5.75 Å². The number of sulfonamides is 1. The number of hydrogen-bond donors (Lipinski definition) is 1. The first-order valence-electron chi connectivity index (χ1n) is 8.95. The zero-order valence-electron chi connectivity index (χ0n) is 15.8. The Hall–Kier alpha value is -1.64. The van der Waals surface area contributed by atoms with Gasteiger partial charge in [-0.25, -0.2) is 8.42 Å². The van der Waals surface area contributed by atoms with Crippen LogP contribution in [0, 0.1) is 0 Å². The van der Waals surface area contributed by atoms with Crippen molar-refractivity contribution < 1.29 is 17.9 Å². The molecule has 0 spiro atoms. The summed E-state index contributed by atoms with van der Waals surface area (Å²) in [5.41, 5.74) is 5.25. The smallest absolute Gasteiger partial charge is 0.243 e. The molecule has 1 aliphatic heterocycles. The Morgan fingerprint density at radius 3 is 2.42 bits per heavy atom. The molecule has 1 atom stereocenters.